The maximum absolute atomic E-state index is 10.9. The fourth-order valence-corrected chi connectivity index (χ4v) is 2.49. The summed E-state index contributed by atoms with van der Waals surface area (Å²) in [5.74, 6) is -0.833. The van der Waals surface area contributed by atoms with Gasteiger partial charge in [0.15, 0.2) is 0 Å². The summed E-state index contributed by atoms with van der Waals surface area (Å²) in [6.07, 6.45) is 0. The Bertz CT molecular complexity index is 513. The third-order valence-corrected chi connectivity index (χ3v) is 3.38. The number of nitrogens with zero attached hydrogens (tertiary/aromatic N) is 1. The second-order valence-corrected chi connectivity index (χ2v) is 4.97. The van der Waals surface area contributed by atoms with E-state index in [0.717, 1.165) is 10.7 Å². The lowest BCUT2D eigenvalue weighted by molar-refractivity contribution is -0.135. The van der Waals surface area contributed by atoms with Crippen molar-refractivity contribution >= 4 is 40.4 Å². The Labute approximate surface area is 116 Å². The van der Waals surface area contributed by atoms with Gasteiger partial charge in [0.1, 0.15) is 6.54 Å². The SMILES string of the molecule is Cc1ccc(N(CC(=O)O)c2ccccc2)s1.Cl. The van der Waals surface area contributed by atoms with Crippen LogP contribution >= 0.6 is 23.7 Å². The normalized spacial score (nSPS) is 9.61. The van der Waals surface area contributed by atoms with Crippen LogP contribution in [-0.4, -0.2) is 17.6 Å². The first-order valence-corrected chi connectivity index (χ1v) is 6.09. The van der Waals surface area contributed by atoms with E-state index < -0.39 is 5.97 Å². The molecule has 1 N–H and O–H groups in total. The molecule has 0 radical (unpaired) electrons. The van der Waals surface area contributed by atoms with E-state index in [0.29, 0.717) is 0 Å². The van der Waals surface area contributed by atoms with Gasteiger partial charge >= 0.3 is 5.97 Å². The Morgan fingerprint density at radius 3 is 2.39 bits per heavy atom. The highest BCUT2D eigenvalue weighted by molar-refractivity contribution is 7.16. The van der Waals surface area contributed by atoms with Crippen LogP contribution in [0.3, 0.4) is 0 Å². The summed E-state index contributed by atoms with van der Waals surface area (Å²) in [6.45, 7) is 1.99. The van der Waals surface area contributed by atoms with Gasteiger partial charge in [-0.3, -0.25) is 4.79 Å². The summed E-state index contributed by atoms with van der Waals surface area (Å²) < 4.78 is 0. The van der Waals surface area contributed by atoms with Crippen LogP contribution in [0.25, 0.3) is 0 Å². The summed E-state index contributed by atoms with van der Waals surface area (Å²) in [6, 6.07) is 13.5. The average molecular weight is 284 g/mol. The van der Waals surface area contributed by atoms with Gasteiger partial charge in [0, 0.05) is 10.6 Å². The highest BCUT2D eigenvalue weighted by atomic mass is 35.5. The molecule has 0 unspecified atom stereocenters. The number of halogens is 1. The maximum atomic E-state index is 10.9. The fraction of sp³-hybridized carbons (Fsp3) is 0.154. The van der Waals surface area contributed by atoms with E-state index in [9.17, 15) is 4.79 Å². The van der Waals surface area contributed by atoms with E-state index >= 15 is 0 Å². The third kappa shape index (κ3) is 3.48. The van der Waals surface area contributed by atoms with E-state index in [1.54, 1.807) is 16.2 Å². The Kier molecular flexibility index (Phi) is 5.19. The minimum absolute atomic E-state index is 0. The molecule has 18 heavy (non-hydrogen) atoms. The summed E-state index contributed by atoms with van der Waals surface area (Å²) >= 11 is 1.60. The predicted molar refractivity (Wildman–Crippen MR) is 77.4 cm³/mol. The molecule has 0 saturated carbocycles. The first-order chi connectivity index (χ1) is 8.16. The molecule has 0 bridgehead atoms. The largest absolute Gasteiger partial charge is 0.480 e. The van der Waals surface area contributed by atoms with Gasteiger partial charge in [0.25, 0.3) is 0 Å². The molecular weight excluding hydrogens is 270 g/mol. The zero-order chi connectivity index (χ0) is 12.3. The first kappa shape index (κ1) is 14.5. The number of hydrogen-bond donors (Lipinski definition) is 1. The van der Waals surface area contributed by atoms with Crippen molar-refractivity contribution in [2.75, 3.05) is 11.4 Å². The van der Waals surface area contributed by atoms with Crippen LogP contribution in [-0.2, 0) is 4.79 Å². The number of para-hydroxylation sites is 1. The van der Waals surface area contributed by atoms with Crippen LogP contribution < -0.4 is 4.90 Å². The molecule has 0 fully saturated rings. The van der Waals surface area contributed by atoms with Gasteiger partial charge in [-0.25, -0.2) is 0 Å². The predicted octanol–water partition coefficient (Wildman–Crippen LogP) is 3.70. The van der Waals surface area contributed by atoms with Crippen molar-refractivity contribution in [2.45, 2.75) is 6.92 Å². The molecule has 0 aliphatic carbocycles. The number of carbonyl (C=O) groups is 1. The molecule has 0 spiro atoms. The molecule has 96 valence electrons. The third-order valence-electron chi connectivity index (χ3n) is 2.35. The number of anilines is 2. The van der Waals surface area contributed by atoms with Gasteiger partial charge in [-0.15, -0.1) is 23.7 Å². The van der Waals surface area contributed by atoms with Crippen molar-refractivity contribution in [3.63, 3.8) is 0 Å². The number of carboxylic acid groups (broad SMARTS) is 1. The van der Waals surface area contributed by atoms with Crippen molar-refractivity contribution in [1.29, 1.82) is 0 Å². The molecule has 0 atom stereocenters. The second kappa shape index (κ2) is 6.42. The number of carboxylic acids is 1. The number of thiophene rings is 1. The number of hydrogen-bond acceptors (Lipinski definition) is 3. The van der Waals surface area contributed by atoms with Crippen LogP contribution in [0.4, 0.5) is 10.7 Å². The summed E-state index contributed by atoms with van der Waals surface area (Å²) in [7, 11) is 0. The van der Waals surface area contributed by atoms with Gasteiger partial charge in [0.2, 0.25) is 0 Å². The van der Waals surface area contributed by atoms with Gasteiger partial charge in [-0.2, -0.15) is 0 Å². The van der Waals surface area contributed by atoms with Crippen molar-refractivity contribution < 1.29 is 9.90 Å². The second-order valence-electron chi connectivity index (χ2n) is 3.70. The summed E-state index contributed by atoms with van der Waals surface area (Å²) in [5.41, 5.74) is 0.900. The minimum atomic E-state index is -0.833. The molecule has 5 heteroatoms. The minimum Gasteiger partial charge on any atom is -0.480 e. The molecule has 0 aliphatic heterocycles. The van der Waals surface area contributed by atoms with E-state index in [1.165, 1.54) is 4.88 Å². The van der Waals surface area contributed by atoms with Gasteiger partial charge < -0.3 is 10.0 Å². The highest BCUT2D eigenvalue weighted by Gasteiger charge is 2.14. The van der Waals surface area contributed by atoms with Crippen LogP contribution in [0.1, 0.15) is 4.88 Å². The number of aliphatic carboxylic acids is 1. The monoisotopic (exact) mass is 283 g/mol. The van der Waals surface area contributed by atoms with E-state index in [1.807, 2.05) is 49.4 Å². The molecule has 1 aromatic heterocycles. The van der Waals surface area contributed by atoms with Crippen LogP contribution in [0.5, 0.6) is 0 Å². The zero-order valence-corrected chi connectivity index (χ0v) is 11.5. The fourth-order valence-electron chi connectivity index (χ4n) is 1.61. The Morgan fingerprint density at radius 2 is 1.89 bits per heavy atom. The molecule has 0 amide bonds. The Morgan fingerprint density at radius 1 is 1.22 bits per heavy atom. The molecule has 1 heterocycles. The standard InChI is InChI=1S/C13H13NO2S.ClH/c1-10-7-8-12(17-10)14(9-13(15)16)11-5-3-2-4-6-11;/h2-8H,9H2,1H3,(H,15,16);1H. The summed E-state index contributed by atoms with van der Waals surface area (Å²) in [5, 5.41) is 9.93. The lowest BCUT2D eigenvalue weighted by Crippen LogP contribution is -2.23. The van der Waals surface area contributed by atoms with Crippen LogP contribution in [0.15, 0.2) is 42.5 Å². The smallest absolute Gasteiger partial charge is 0.323 e. The number of aryl methyl sites for hydroxylation is 1. The Hall–Kier alpha value is -1.52. The van der Waals surface area contributed by atoms with Crippen molar-refractivity contribution in [3.05, 3.63) is 47.3 Å². The van der Waals surface area contributed by atoms with Gasteiger partial charge in [0.05, 0.1) is 5.00 Å². The Balaban J connectivity index is 0.00000162. The average Bonchev–Trinajstić information content (AvgIpc) is 2.73. The molecule has 0 aliphatic rings. The quantitative estimate of drug-likeness (QED) is 0.930. The topological polar surface area (TPSA) is 40.5 Å². The van der Waals surface area contributed by atoms with Crippen molar-refractivity contribution in [3.8, 4) is 0 Å². The lowest BCUT2D eigenvalue weighted by Gasteiger charge is -2.20. The lowest BCUT2D eigenvalue weighted by atomic mass is 10.3. The number of benzene rings is 1. The van der Waals surface area contributed by atoms with Crippen molar-refractivity contribution in [2.24, 2.45) is 0 Å². The van der Waals surface area contributed by atoms with E-state index in [-0.39, 0.29) is 19.0 Å². The molecule has 2 rings (SSSR count). The van der Waals surface area contributed by atoms with E-state index in [2.05, 4.69) is 0 Å². The molecule has 3 nitrogen and oxygen atoms in total. The maximum Gasteiger partial charge on any atom is 0.323 e. The molecular formula is C13H14ClNO2S. The van der Waals surface area contributed by atoms with E-state index in [4.69, 9.17) is 5.11 Å². The van der Waals surface area contributed by atoms with Crippen LogP contribution in [0, 0.1) is 6.92 Å². The zero-order valence-electron chi connectivity index (χ0n) is 9.87. The molecule has 2 aromatic rings. The van der Waals surface area contributed by atoms with Gasteiger partial charge in [-0.1, -0.05) is 18.2 Å². The number of rotatable bonds is 4. The van der Waals surface area contributed by atoms with Gasteiger partial charge in [-0.05, 0) is 31.2 Å². The van der Waals surface area contributed by atoms with Crippen LogP contribution in [0.2, 0.25) is 0 Å². The first-order valence-electron chi connectivity index (χ1n) is 5.27. The summed E-state index contributed by atoms with van der Waals surface area (Å²) in [4.78, 5) is 13.9. The van der Waals surface area contributed by atoms with Crippen molar-refractivity contribution in [1.82, 2.24) is 0 Å². The molecule has 1 aromatic carbocycles. The molecule has 0 saturated heterocycles. The highest BCUT2D eigenvalue weighted by Crippen LogP contribution is 2.31.